The lowest BCUT2D eigenvalue weighted by Gasteiger charge is -2.27. The van der Waals surface area contributed by atoms with Gasteiger partial charge in [0.05, 0.1) is 13.2 Å². The molecule has 0 atom stereocenters. The molecule has 1 fully saturated rings. The van der Waals surface area contributed by atoms with E-state index in [0.717, 1.165) is 18.8 Å². The summed E-state index contributed by atoms with van der Waals surface area (Å²) >= 11 is 12.2. The molecule has 3 aromatic rings. The Labute approximate surface area is 179 Å². The second-order valence-electron chi connectivity index (χ2n) is 6.66. The smallest absolute Gasteiger partial charge is 0.233 e. The van der Waals surface area contributed by atoms with Crippen molar-refractivity contribution in [2.24, 2.45) is 0 Å². The fourth-order valence-corrected chi connectivity index (χ4v) is 3.43. The van der Waals surface area contributed by atoms with Crippen molar-refractivity contribution < 1.29 is 4.74 Å². The van der Waals surface area contributed by atoms with Crippen molar-refractivity contribution in [3.8, 4) is 0 Å². The molecule has 150 valence electrons. The maximum absolute atomic E-state index is 6.11. The molecule has 9 heteroatoms. The van der Waals surface area contributed by atoms with Gasteiger partial charge < -0.3 is 20.3 Å². The zero-order valence-electron chi connectivity index (χ0n) is 15.8. The van der Waals surface area contributed by atoms with Crippen molar-refractivity contribution in [2.45, 2.75) is 6.92 Å². The van der Waals surface area contributed by atoms with Gasteiger partial charge in [0.1, 0.15) is 0 Å². The lowest BCUT2D eigenvalue weighted by Crippen LogP contribution is -2.37. The molecule has 0 saturated carbocycles. The molecule has 2 aromatic carbocycles. The quantitative estimate of drug-likeness (QED) is 0.601. The highest BCUT2D eigenvalue weighted by Gasteiger charge is 2.17. The Hall–Kier alpha value is -2.61. The summed E-state index contributed by atoms with van der Waals surface area (Å²) in [7, 11) is 0. The van der Waals surface area contributed by atoms with Crippen LogP contribution in [0, 0.1) is 6.92 Å². The number of ether oxygens (including phenoxy) is 1. The number of morpholine rings is 1. The minimum absolute atomic E-state index is 0.398. The van der Waals surface area contributed by atoms with Crippen LogP contribution in [0.1, 0.15) is 5.56 Å². The van der Waals surface area contributed by atoms with E-state index in [9.17, 15) is 0 Å². The van der Waals surface area contributed by atoms with Gasteiger partial charge in [0.25, 0.3) is 0 Å². The van der Waals surface area contributed by atoms with Crippen LogP contribution >= 0.6 is 23.2 Å². The van der Waals surface area contributed by atoms with Crippen LogP contribution in [0.3, 0.4) is 0 Å². The zero-order valence-corrected chi connectivity index (χ0v) is 17.3. The number of benzene rings is 2. The summed E-state index contributed by atoms with van der Waals surface area (Å²) in [6.45, 7) is 4.76. The molecule has 0 unspecified atom stereocenters. The van der Waals surface area contributed by atoms with Crippen LogP contribution in [0.25, 0.3) is 0 Å². The van der Waals surface area contributed by atoms with Crippen molar-refractivity contribution in [1.29, 1.82) is 0 Å². The summed E-state index contributed by atoms with van der Waals surface area (Å²) < 4.78 is 5.44. The summed E-state index contributed by atoms with van der Waals surface area (Å²) in [5, 5.41) is 7.48. The number of anilines is 5. The van der Waals surface area contributed by atoms with Crippen LogP contribution in [-0.2, 0) is 4.74 Å². The summed E-state index contributed by atoms with van der Waals surface area (Å²) in [5.74, 6) is 1.42. The van der Waals surface area contributed by atoms with Crippen LogP contribution in [0.5, 0.6) is 0 Å². The third-order valence-electron chi connectivity index (χ3n) is 4.34. The highest BCUT2D eigenvalue weighted by Crippen LogP contribution is 2.26. The molecule has 0 spiro atoms. The number of rotatable bonds is 5. The Kier molecular flexibility index (Phi) is 5.99. The van der Waals surface area contributed by atoms with Gasteiger partial charge in [-0.3, -0.25) is 0 Å². The zero-order chi connectivity index (χ0) is 20.2. The maximum Gasteiger partial charge on any atom is 0.233 e. The average molecular weight is 431 g/mol. The second kappa shape index (κ2) is 8.82. The molecule has 0 amide bonds. The van der Waals surface area contributed by atoms with Crippen molar-refractivity contribution in [3.05, 3.63) is 58.1 Å². The molecule has 0 aliphatic carbocycles. The molecule has 29 heavy (non-hydrogen) atoms. The van der Waals surface area contributed by atoms with E-state index in [1.54, 1.807) is 18.2 Å². The van der Waals surface area contributed by atoms with Crippen molar-refractivity contribution in [2.75, 3.05) is 41.8 Å². The van der Waals surface area contributed by atoms with Gasteiger partial charge in [0.2, 0.25) is 17.8 Å². The molecule has 2 heterocycles. The standard InChI is InChI=1S/C20H20Cl2N6O/c1-13-2-4-16(5-3-13)23-18-25-19(24-17-11-14(21)10-15(22)12-17)27-20(26-18)28-6-8-29-9-7-28/h2-5,10-12H,6-9H2,1H3,(H2,23,24,25,26,27). The summed E-state index contributed by atoms with van der Waals surface area (Å²) in [5.41, 5.74) is 2.77. The molecular weight excluding hydrogens is 411 g/mol. The lowest BCUT2D eigenvalue weighted by molar-refractivity contribution is 0.122. The van der Waals surface area contributed by atoms with Crippen molar-refractivity contribution in [3.63, 3.8) is 0 Å². The van der Waals surface area contributed by atoms with E-state index >= 15 is 0 Å². The summed E-state index contributed by atoms with van der Waals surface area (Å²) in [6.07, 6.45) is 0. The molecular formula is C20H20Cl2N6O. The van der Waals surface area contributed by atoms with Gasteiger partial charge in [-0.05, 0) is 37.3 Å². The topological polar surface area (TPSA) is 75.2 Å². The van der Waals surface area contributed by atoms with E-state index in [2.05, 4.69) is 30.5 Å². The third-order valence-corrected chi connectivity index (χ3v) is 4.78. The molecule has 4 rings (SSSR count). The molecule has 2 N–H and O–H groups in total. The number of hydrogen-bond acceptors (Lipinski definition) is 7. The minimum atomic E-state index is 0.398. The first kappa shape index (κ1) is 19.7. The summed E-state index contributed by atoms with van der Waals surface area (Å²) in [4.78, 5) is 15.8. The van der Waals surface area contributed by atoms with Gasteiger partial charge in [-0.1, -0.05) is 40.9 Å². The molecule has 1 saturated heterocycles. The second-order valence-corrected chi connectivity index (χ2v) is 7.53. The van der Waals surface area contributed by atoms with Gasteiger partial charge >= 0.3 is 0 Å². The maximum atomic E-state index is 6.11. The fraction of sp³-hybridized carbons (Fsp3) is 0.250. The molecule has 1 aromatic heterocycles. The summed E-state index contributed by atoms with van der Waals surface area (Å²) in [6, 6.07) is 13.2. The van der Waals surface area contributed by atoms with E-state index in [1.807, 2.05) is 31.2 Å². The highest BCUT2D eigenvalue weighted by molar-refractivity contribution is 6.35. The first-order valence-electron chi connectivity index (χ1n) is 9.21. The predicted octanol–water partition coefficient (Wildman–Crippen LogP) is 4.81. The van der Waals surface area contributed by atoms with Crippen LogP contribution in [0.2, 0.25) is 10.0 Å². The number of aryl methyl sites for hydroxylation is 1. The average Bonchev–Trinajstić information content (AvgIpc) is 2.69. The highest BCUT2D eigenvalue weighted by atomic mass is 35.5. The minimum Gasteiger partial charge on any atom is -0.378 e. The van der Waals surface area contributed by atoms with E-state index in [1.165, 1.54) is 5.56 Å². The number of hydrogen-bond donors (Lipinski definition) is 2. The van der Waals surface area contributed by atoms with E-state index < -0.39 is 0 Å². The van der Waals surface area contributed by atoms with Crippen LogP contribution in [-0.4, -0.2) is 41.3 Å². The fourth-order valence-electron chi connectivity index (χ4n) is 2.90. The molecule has 0 bridgehead atoms. The van der Waals surface area contributed by atoms with Gasteiger partial charge in [0, 0.05) is 34.5 Å². The number of halogens is 2. The Balaban J connectivity index is 1.65. The SMILES string of the molecule is Cc1ccc(Nc2nc(Nc3cc(Cl)cc(Cl)c3)nc(N3CCOCC3)n2)cc1. The largest absolute Gasteiger partial charge is 0.378 e. The Bertz CT molecular complexity index is 973. The van der Waals surface area contributed by atoms with Gasteiger partial charge in [-0.15, -0.1) is 0 Å². The van der Waals surface area contributed by atoms with E-state index in [-0.39, 0.29) is 0 Å². The van der Waals surface area contributed by atoms with Crippen molar-refractivity contribution in [1.82, 2.24) is 15.0 Å². The van der Waals surface area contributed by atoms with Crippen LogP contribution < -0.4 is 15.5 Å². The predicted molar refractivity (Wildman–Crippen MR) is 117 cm³/mol. The molecule has 1 aliphatic rings. The first-order valence-corrected chi connectivity index (χ1v) is 9.96. The number of nitrogens with zero attached hydrogens (tertiary/aromatic N) is 4. The third kappa shape index (κ3) is 5.26. The molecule has 7 nitrogen and oxygen atoms in total. The van der Waals surface area contributed by atoms with E-state index in [0.29, 0.717) is 46.8 Å². The lowest BCUT2D eigenvalue weighted by atomic mass is 10.2. The monoisotopic (exact) mass is 430 g/mol. The molecule has 1 aliphatic heterocycles. The normalized spacial score (nSPS) is 14.0. The van der Waals surface area contributed by atoms with Crippen LogP contribution in [0.4, 0.5) is 29.2 Å². The number of nitrogens with one attached hydrogen (secondary N) is 2. The Morgan fingerprint density at radius 2 is 1.41 bits per heavy atom. The van der Waals surface area contributed by atoms with Gasteiger partial charge in [-0.2, -0.15) is 15.0 Å². The number of aromatic nitrogens is 3. The first-order chi connectivity index (χ1) is 14.0. The Morgan fingerprint density at radius 3 is 2.03 bits per heavy atom. The van der Waals surface area contributed by atoms with Crippen LogP contribution in [0.15, 0.2) is 42.5 Å². The molecule has 0 radical (unpaired) electrons. The Morgan fingerprint density at radius 1 is 0.828 bits per heavy atom. The van der Waals surface area contributed by atoms with Crippen molar-refractivity contribution >= 4 is 52.4 Å². The van der Waals surface area contributed by atoms with Gasteiger partial charge in [0.15, 0.2) is 0 Å². The van der Waals surface area contributed by atoms with E-state index in [4.69, 9.17) is 27.9 Å². The van der Waals surface area contributed by atoms with Gasteiger partial charge in [-0.25, -0.2) is 0 Å².